The first-order valence-corrected chi connectivity index (χ1v) is 10.1. The number of hydrogen-bond acceptors (Lipinski definition) is 6. The molecule has 0 fully saturated rings. The number of allylic oxidation sites excluding steroid dienone is 1. The third kappa shape index (κ3) is 5.09. The van der Waals surface area contributed by atoms with Gasteiger partial charge in [0.05, 0.1) is 12.4 Å². The van der Waals surface area contributed by atoms with Gasteiger partial charge in [-0.25, -0.2) is 0 Å². The molecule has 1 heterocycles. The maximum absolute atomic E-state index is 12.4. The molecule has 1 aliphatic carbocycles. The lowest BCUT2D eigenvalue weighted by molar-refractivity contribution is -0.120. The van der Waals surface area contributed by atoms with E-state index in [4.69, 9.17) is 4.74 Å². The summed E-state index contributed by atoms with van der Waals surface area (Å²) in [6.07, 6.45) is 8.12. The van der Waals surface area contributed by atoms with Crippen LogP contribution in [0, 0.1) is 0 Å². The Labute approximate surface area is 163 Å². The summed E-state index contributed by atoms with van der Waals surface area (Å²) < 4.78 is 6.97. The number of nitrogens with one attached hydrogen (secondary N) is 1. The summed E-state index contributed by atoms with van der Waals surface area (Å²) in [6, 6.07) is 7.50. The summed E-state index contributed by atoms with van der Waals surface area (Å²) in [7, 11) is 1.60. The van der Waals surface area contributed by atoms with Gasteiger partial charge in [-0.3, -0.25) is 4.79 Å². The van der Waals surface area contributed by atoms with E-state index in [0.29, 0.717) is 17.5 Å². The van der Waals surface area contributed by atoms with Gasteiger partial charge in [-0.05, 0) is 61.6 Å². The summed E-state index contributed by atoms with van der Waals surface area (Å²) >= 11 is 1.33. The van der Waals surface area contributed by atoms with Gasteiger partial charge in [0.15, 0.2) is 0 Å². The van der Waals surface area contributed by atoms with Crippen LogP contribution in [0.4, 0.5) is 0 Å². The Morgan fingerprint density at radius 3 is 3.00 bits per heavy atom. The summed E-state index contributed by atoms with van der Waals surface area (Å²) in [5, 5.41) is 15.1. The Hall–Kier alpha value is -2.35. The molecule has 1 N–H and O–H groups in total. The molecule has 144 valence electrons. The first kappa shape index (κ1) is 19.4. The Morgan fingerprint density at radius 2 is 2.22 bits per heavy atom. The molecule has 0 saturated carbocycles. The van der Waals surface area contributed by atoms with Crippen molar-refractivity contribution in [1.29, 1.82) is 0 Å². The molecular weight excluding hydrogens is 362 g/mol. The van der Waals surface area contributed by atoms with Crippen molar-refractivity contribution in [2.75, 3.05) is 13.7 Å². The van der Waals surface area contributed by atoms with E-state index < -0.39 is 0 Å². The minimum Gasteiger partial charge on any atom is -0.494 e. The van der Waals surface area contributed by atoms with Crippen LogP contribution in [-0.4, -0.2) is 45.0 Å². The number of ether oxygens (including phenoxy) is 1. The number of amides is 1. The van der Waals surface area contributed by atoms with Crippen molar-refractivity contribution in [3.8, 4) is 11.4 Å². The highest BCUT2D eigenvalue weighted by molar-refractivity contribution is 8.00. The topological polar surface area (TPSA) is 81.9 Å². The highest BCUT2D eigenvalue weighted by atomic mass is 32.2. The fourth-order valence-corrected chi connectivity index (χ4v) is 3.87. The van der Waals surface area contributed by atoms with Crippen LogP contribution in [0.2, 0.25) is 0 Å². The summed E-state index contributed by atoms with van der Waals surface area (Å²) in [5.41, 5.74) is 2.20. The lowest BCUT2D eigenvalue weighted by Crippen LogP contribution is -2.32. The zero-order chi connectivity index (χ0) is 19.1. The van der Waals surface area contributed by atoms with Crippen molar-refractivity contribution in [3.63, 3.8) is 0 Å². The van der Waals surface area contributed by atoms with Crippen molar-refractivity contribution in [2.24, 2.45) is 0 Å². The predicted molar refractivity (Wildman–Crippen MR) is 105 cm³/mol. The number of para-hydroxylation sites is 2. The van der Waals surface area contributed by atoms with Crippen LogP contribution in [0.1, 0.15) is 39.0 Å². The van der Waals surface area contributed by atoms with Crippen molar-refractivity contribution >= 4 is 17.7 Å². The third-order valence-corrected chi connectivity index (χ3v) is 5.57. The van der Waals surface area contributed by atoms with E-state index >= 15 is 0 Å². The average molecular weight is 388 g/mol. The zero-order valence-corrected chi connectivity index (χ0v) is 16.5. The number of nitrogens with zero attached hydrogens (tertiary/aromatic N) is 4. The Bertz CT molecular complexity index is 805. The Kier molecular flexibility index (Phi) is 6.86. The molecule has 0 saturated heterocycles. The normalized spacial score (nSPS) is 15.1. The van der Waals surface area contributed by atoms with Crippen LogP contribution in [0.3, 0.4) is 0 Å². The standard InChI is InChI=1S/C19H25N5O2S/c1-14(18(25)20-13-12-15-8-4-3-5-9-15)27-19-21-22-23-24(19)16-10-6-7-11-17(16)26-2/h6-8,10-11,14H,3-5,9,12-13H2,1-2H3,(H,20,25)/t14-/m0/s1. The van der Waals surface area contributed by atoms with Gasteiger partial charge in [-0.2, -0.15) is 4.68 Å². The highest BCUT2D eigenvalue weighted by Crippen LogP contribution is 2.27. The number of hydrogen-bond donors (Lipinski definition) is 1. The number of aromatic nitrogens is 4. The average Bonchev–Trinajstić information content (AvgIpc) is 3.16. The van der Waals surface area contributed by atoms with Gasteiger partial charge in [0, 0.05) is 6.54 Å². The van der Waals surface area contributed by atoms with Crippen LogP contribution >= 0.6 is 11.8 Å². The second-order valence-corrected chi connectivity index (χ2v) is 7.76. The molecule has 7 nitrogen and oxygen atoms in total. The van der Waals surface area contributed by atoms with Gasteiger partial charge in [0.25, 0.3) is 0 Å². The predicted octanol–water partition coefficient (Wildman–Crippen LogP) is 3.16. The van der Waals surface area contributed by atoms with Gasteiger partial charge < -0.3 is 10.1 Å². The molecule has 1 aliphatic rings. The molecule has 0 unspecified atom stereocenters. The van der Waals surface area contributed by atoms with Crippen LogP contribution in [0.5, 0.6) is 5.75 Å². The first-order chi connectivity index (χ1) is 13.2. The van der Waals surface area contributed by atoms with Crippen molar-refractivity contribution in [2.45, 2.75) is 49.4 Å². The van der Waals surface area contributed by atoms with Crippen LogP contribution in [0.15, 0.2) is 41.1 Å². The van der Waals surface area contributed by atoms with Crippen LogP contribution < -0.4 is 10.1 Å². The van der Waals surface area contributed by atoms with Crippen LogP contribution in [0.25, 0.3) is 5.69 Å². The fourth-order valence-electron chi connectivity index (χ4n) is 3.04. The quantitative estimate of drug-likeness (QED) is 0.553. The van der Waals surface area contributed by atoms with Gasteiger partial charge in [0.1, 0.15) is 11.4 Å². The molecule has 0 radical (unpaired) electrons. The van der Waals surface area contributed by atoms with Crippen molar-refractivity contribution in [1.82, 2.24) is 25.5 Å². The lowest BCUT2D eigenvalue weighted by Gasteiger charge is -2.15. The van der Waals surface area contributed by atoms with E-state index in [0.717, 1.165) is 18.5 Å². The molecular formula is C19H25N5O2S. The van der Waals surface area contributed by atoms with E-state index in [1.165, 1.54) is 36.6 Å². The van der Waals surface area contributed by atoms with Gasteiger partial charge >= 0.3 is 0 Å². The largest absolute Gasteiger partial charge is 0.494 e. The second-order valence-electron chi connectivity index (χ2n) is 6.45. The Morgan fingerprint density at radius 1 is 1.37 bits per heavy atom. The second kappa shape index (κ2) is 9.55. The summed E-state index contributed by atoms with van der Waals surface area (Å²) in [4.78, 5) is 12.4. The minimum absolute atomic E-state index is 0.00835. The van der Waals surface area contributed by atoms with E-state index in [1.807, 2.05) is 31.2 Å². The number of methoxy groups -OCH3 is 1. The lowest BCUT2D eigenvalue weighted by atomic mass is 9.97. The number of benzene rings is 1. The van der Waals surface area contributed by atoms with E-state index in [1.54, 1.807) is 11.8 Å². The van der Waals surface area contributed by atoms with Gasteiger partial charge in [0.2, 0.25) is 11.1 Å². The minimum atomic E-state index is -0.301. The third-order valence-electron chi connectivity index (χ3n) is 4.54. The first-order valence-electron chi connectivity index (χ1n) is 9.23. The van der Waals surface area contributed by atoms with Crippen molar-refractivity contribution < 1.29 is 9.53 Å². The number of rotatable bonds is 8. The molecule has 0 bridgehead atoms. The SMILES string of the molecule is COc1ccccc1-n1nnnc1S[C@@H](C)C(=O)NCCC1=CCCCC1. The molecule has 27 heavy (non-hydrogen) atoms. The maximum Gasteiger partial charge on any atom is 0.233 e. The molecule has 0 spiro atoms. The molecule has 2 aromatic rings. The smallest absolute Gasteiger partial charge is 0.233 e. The number of tetrazole rings is 1. The van der Waals surface area contributed by atoms with E-state index in [9.17, 15) is 4.79 Å². The summed E-state index contributed by atoms with van der Waals surface area (Å²) in [6.45, 7) is 2.54. The molecule has 1 atom stereocenters. The molecule has 1 aromatic carbocycles. The molecule has 3 rings (SSSR count). The van der Waals surface area contributed by atoms with Crippen LogP contribution in [-0.2, 0) is 4.79 Å². The fraction of sp³-hybridized carbons (Fsp3) is 0.474. The van der Waals surface area contributed by atoms with E-state index in [2.05, 4.69) is 26.9 Å². The summed E-state index contributed by atoms with van der Waals surface area (Å²) in [5.74, 6) is 0.662. The van der Waals surface area contributed by atoms with E-state index in [-0.39, 0.29) is 11.2 Å². The number of carbonyl (C=O) groups excluding carboxylic acids is 1. The number of thioether (sulfide) groups is 1. The molecule has 1 amide bonds. The number of carbonyl (C=O) groups is 1. The van der Waals surface area contributed by atoms with Gasteiger partial charge in [-0.1, -0.05) is 35.5 Å². The Balaban J connectivity index is 1.58. The van der Waals surface area contributed by atoms with Gasteiger partial charge in [-0.15, -0.1) is 5.10 Å². The monoisotopic (exact) mass is 387 g/mol. The molecule has 0 aliphatic heterocycles. The zero-order valence-electron chi connectivity index (χ0n) is 15.7. The highest BCUT2D eigenvalue weighted by Gasteiger charge is 2.20. The molecule has 8 heteroatoms. The van der Waals surface area contributed by atoms with Crippen molar-refractivity contribution in [3.05, 3.63) is 35.9 Å². The molecule has 1 aromatic heterocycles. The maximum atomic E-state index is 12.4.